The first-order valence-corrected chi connectivity index (χ1v) is 7.65. The molecule has 1 aromatic rings. The minimum Gasteiger partial charge on any atom is -0.349 e. The lowest BCUT2D eigenvalue weighted by Gasteiger charge is -2.25. The summed E-state index contributed by atoms with van der Waals surface area (Å²) in [6.07, 6.45) is 2.47. The molecule has 0 fully saturated rings. The molecule has 1 aromatic carbocycles. The fraction of sp³-hybridized carbons (Fsp3) is 0.462. The van der Waals surface area contributed by atoms with Gasteiger partial charge in [0.05, 0.1) is 0 Å². The second kappa shape index (κ2) is 5.18. The summed E-state index contributed by atoms with van der Waals surface area (Å²) < 4.78 is 24.3. The molecule has 0 spiro atoms. The van der Waals surface area contributed by atoms with Crippen LogP contribution in [0.3, 0.4) is 0 Å². The van der Waals surface area contributed by atoms with Crippen LogP contribution in [-0.2, 0) is 17.3 Å². The summed E-state index contributed by atoms with van der Waals surface area (Å²) in [5.41, 5.74) is 1.67. The molecule has 1 aliphatic rings. The minimum atomic E-state index is -0.809. The van der Waals surface area contributed by atoms with Gasteiger partial charge >= 0.3 is 0 Å². The second-order valence-corrected chi connectivity index (χ2v) is 6.25. The lowest BCUT2D eigenvalue weighted by molar-refractivity contribution is 0.327. The van der Waals surface area contributed by atoms with E-state index in [1.807, 2.05) is 11.8 Å². The molecule has 0 amide bonds. The Labute approximate surface area is 109 Å². The van der Waals surface area contributed by atoms with E-state index in [0.717, 1.165) is 12.0 Å². The van der Waals surface area contributed by atoms with Gasteiger partial charge in [-0.1, -0.05) is 6.07 Å². The van der Waals surface area contributed by atoms with Gasteiger partial charge in [0.1, 0.15) is 11.7 Å². The van der Waals surface area contributed by atoms with Crippen LogP contribution in [0.25, 0.3) is 0 Å². The summed E-state index contributed by atoms with van der Waals surface area (Å²) in [5.74, 6) is 0.705. The van der Waals surface area contributed by atoms with Gasteiger partial charge in [-0.25, -0.2) is 4.39 Å². The number of hydrogen-bond donors (Lipinski definition) is 1. The van der Waals surface area contributed by atoms with Crippen molar-refractivity contribution in [1.82, 2.24) is 4.90 Å². The van der Waals surface area contributed by atoms with E-state index in [1.165, 1.54) is 12.1 Å². The molecule has 0 aromatic heterocycles. The summed E-state index contributed by atoms with van der Waals surface area (Å²) in [5, 5.41) is 8.08. The molecule has 0 saturated carbocycles. The molecule has 0 saturated heterocycles. The minimum absolute atomic E-state index is 0.150. The first kappa shape index (κ1) is 13.2. The average Bonchev–Trinajstić information content (AvgIpc) is 2.64. The van der Waals surface area contributed by atoms with E-state index in [2.05, 4.69) is 0 Å². The monoisotopic (exact) mass is 268 g/mol. The first-order chi connectivity index (χ1) is 8.49. The quantitative estimate of drug-likeness (QED) is 0.909. The molecule has 1 N–H and O–H groups in total. The zero-order valence-electron chi connectivity index (χ0n) is 10.6. The van der Waals surface area contributed by atoms with Crippen LogP contribution in [0.4, 0.5) is 4.39 Å². The fourth-order valence-corrected chi connectivity index (χ4v) is 2.87. The van der Waals surface area contributed by atoms with Crippen LogP contribution in [0.1, 0.15) is 24.5 Å². The standard InChI is InChI=1S/C13H17FN2OS/c1-9(5-6-18(2)17)16-8-10-3-4-11(14)7-12(10)13(16)15/h3-4,7,9,15H,5-6,8H2,1-2H3. The van der Waals surface area contributed by atoms with Crippen LogP contribution in [0.15, 0.2) is 18.2 Å². The van der Waals surface area contributed by atoms with Gasteiger partial charge in [-0.3, -0.25) is 9.62 Å². The molecule has 0 bridgehead atoms. The van der Waals surface area contributed by atoms with Crippen molar-refractivity contribution in [3.05, 3.63) is 35.1 Å². The molecule has 1 heterocycles. The molecule has 98 valence electrons. The zero-order valence-corrected chi connectivity index (χ0v) is 11.4. The van der Waals surface area contributed by atoms with Crippen LogP contribution < -0.4 is 0 Å². The summed E-state index contributed by atoms with van der Waals surface area (Å²) >= 11 is 0. The second-order valence-electron chi connectivity index (χ2n) is 4.69. The summed E-state index contributed by atoms with van der Waals surface area (Å²) in [4.78, 5) is 1.94. The lowest BCUT2D eigenvalue weighted by Crippen LogP contribution is -2.34. The van der Waals surface area contributed by atoms with Gasteiger partial charge in [0.25, 0.3) is 0 Å². The topological polar surface area (TPSA) is 44.2 Å². The maximum atomic E-state index is 13.2. The highest BCUT2D eigenvalue weighted by molar-refractivity contribution is 7.84. The van der Waals surface area contributed by atoms with Gasteiger partial charge in [0.2, 0.25) is 0 Å². The molecular weight excluding hydrogens is 251 g/mol. The van der Waals surface area contributed by atoms with Crippen molar-refractivity contribution in [2.75, 3.05) is 12.0 Å². The average molecular weight is 268 g/mol. The van der Waals surface area contributed by atoms with E-state index in [9.17, 15) is 8.60 Å². The van der Waals surface area contributed by atoms with Gasteiger partial charge in [0, 0.05) is 41.0 Å². The van der Waals surface area contributed by atoms with Gasteiger partial charge in [-0.15, -0.1) is 0 Å². The van der Waals surface area contributed by atoms with Crippen molar-refractivity contribution in [2.24, 2.45) is 0 Å². The van der Waals surface area contributed by atoms with Crippen molar-refractivity contribution in [2.45, 2.75) is 25.9 Å². The Morgan fingerprint density at radius 3 is 2.94 bits per heavy atom. The Hall–Kier alpha value is -1.23. The Balaban J connectivity index is 2.11. The van der Waals surface area contributed by atoms with E-state index < -0.39 is 10.8 Å². The third kappa shape index (κ3) is 2.61. The molecule has 0 aliphatic carbocycles. The maximum absolute atomic E-state index is 13.2. The molecule has 3 nitrogen and oxygen atoms in total. The highest BCUT2D eigenvalue weighted by Crippen LogP contribution is 2.26. The molecule has 5 heteroatoms. The van der Waals surface area contributed by atoms with E-state index in [-0.39, 0.29) is 11.9 Å². The van der Waals surface area contributed by atoms with Crippen LogP contribution >= 0.6 is 0 Å². The van der Waals surface area contributed by atoms with E-state index >= 15 is 0 Å². The summed E-state index contributed by atoms with van der Waals surface area (Å²) in [7, 11) is -0.809. The van der Waals surface area contributed by atoms with E-state index in [4.69, 9.17) is 5.41 Å². The van der Waals surface area contributed by atoms with Crippen LogP contribution in [0, 0.1) is 11.2 Å². The smallest absolute Gasteiger partial charge is 0.129 e. The predicted molar refractivity (Wildman–Crippen MR) is 71.8 cm³/mol. The van der Waals surface area contributed by atoms with Crippen molar-refractivity contribution in [1.29, 1.82) is 5.41 Å². The number of amidine groups is 1. The zero-order chi connectivity index (χ0) is 13.3. The third-order valence-electron chi connectivity index (χ3n) is 3.31. The van der Waals surface area contributed by atoms with Crippen LogP contribution in [0.2, 0.25) is 0 Å². The molecule has 1 aliphatic heterocycles. The molecular formula is C13H17FN2OS. The number of rotatable bonds is 4. The molecule has 2 rings (SSSR count). The molecule has 2 atom stereocenters. The first-order valence-electron chi connectivity index (χ1n) is 5.93. The van der Waals surface area contributed by atoms with Crippen LogP contribution in [-0.4, -0.2) is 33.0 Å². The van der Waals surface area contributed by atoms with Crippen molar-refractivity contribution in [3.8, 4) is 0 Å². The van der Waals surface area contributed by atoms with Crippen LogP contribution in [0.5, 0.6) is 0 Å². The summed E-state index contributed by atoms with van der Waals surface area (Å²) in [6, 6.07) is 4.74. The Morgan fingerprint density at radius 2 is 2.28 bits per heavy atom. The fourth-order valence-electron chi connectivity index (χ4n) is 2.19. The number of benzene rings is 1. The Kier molecular flexibility index (Phi) is 3.80. The van der Waals surface area contributed by atoms with Gasteiger partial charge in [-0.2, -0.15) is 0 Å². The third-order valence-corrected chi connectivity index (χ3v) is 4.12. The predicted octanol–water partition coefficient (Wildman–Crippen LogP) is 2.12. The number of nitrogens with one attached hydrogen (secondary N) is 1. The maximum Gasteiger partial charge on any atom is 0.129 e. The molecule has 0 radical (unpaired) electrons. The van der Waals surface area contributed by atoms with Gasteiger partial charge in [-0.05, 0) is 31.0 Å². The lowest BCUT2D eigenvalue weighted by atomic mass is 10.1. The van der Waals surface area contributed by atoms with Gasteiger partial charge in [0.15, 0.2) is 0 Å². The van der Waals surface area contributed by atoms with Gasteiger partial charge < -0.3 is 4.90 Å². The molecule has 2 unspecified atom stereocenters. The van der Waals surface area contributed by atoms with Crippen molar-refractivity contribution >= 4 is 16.6 Å². The number of fused-ring (bicyclic) bond motifs is 1. The highest BCUT2D eigenvalue weighted by atomic mass is 32.2. The SMILES string of the molecule is CC(CCS(C)=O)N1Cc2ccc(F)cc2C1=N. The van der Waals surface area contributed by atoms with E-state index in [0.29, 0.717) is 23.7 Å². The van der Waals surface area contributed by atoms with E-state index in [1.54, 1.807) is 12.3 Å². The van der Waals surface area contributed by atoms with Crippen molar-refractivity contribution in [3.63, 3.8) is 0 Å². The molecule has 18 heavy (non-hydrogen) atoms. The number of halogens is 1. The Morgan fingerprint density at radius 1 is 1.56 bits per heavy atom. The largest absolute Gasteiger partial charge is 0.349 e. The normalized spacial score (nSPS) is 17.7. The number of hydrogen-bond acceptors (Lipinski definition) is 2. The number of nitrogens with zero attached hydrogens (tertiary/aromatic N) is 1. The van der Waals surface area contributed by atoms with Crippen molar-refractivity contribution < 1.29 is 8.60 Å². The summed E-state index contributed by atoms with van der Waals surface area (Å²) in [6.45, 7) is 2.66. The highest BCUT2D eigenvalue weighted by Gasteiger charge is 2.27. The Bertz CT molecular complexity index is 504.